The molecule has 0 saturated heterocycles. The first kappa shape index (κ1) is 9.84. The van der Waals surface area contributed by atoms with Gasteiger partial charge in [-0.2, -0.15) is 8.42 Å². The first-order chi connectivity index (χ1) is 6.92. The maximum atomic E-state index is 11.4. The summed E-state index contributed by atoms with van der Waals surface area (Å²) in [4.78, 5) is 8.06. The van der Waals surface area contributed by atoms with Gasteiger partial charge in [-0.25, -0.2) is 14.3 Å². The predicted octanol–water partition coefficient (Wildman–Crippen LogP) is -0.815. The van der Waals surface area contributed by atoms with E-state index in [0.29, 0.717) is 11.4 Å². The van der Waals surface area contributed by atoms with Crippen LogP contribution in [0.4, 0.5) is 5.82 Å². The molecule has 1 aromatic rings. The Balaban J connectivity index is 2.75. The van der Waals surface area contributed by atoms with Gasteiger partial charge in [-0.1, -0.05) is 0 Å². The van der Waals surface area contributed by atoms with Crippen LogP contribution in [0.25, 0.3) is 0 Å². The summed E-state index contributed by atoms with van der Waals surface area (Å²) in [5, 5.41) is 0. The van der Waals surface area contributed by atoms with E-state index < -0.39 is 10.2 Å². The number of anilines is 1. The summed E-state index contributed by atoms with van der Waals surface area (Å²) >= 11 is 0. The van der Waals surface area contributed by atoms with Gasteiger partial charge in [-0.15, -0.1) is 4.40 Å². The molecule has 0 radical (unpaired) electrons. The van der Waals surface area contributed by atoms with E-state index in [1.165, 1.54) is 13.2 Å². The van der Waals surface area contributed by atoms with Gasteiger partial charge in [0.2, 0.25) is 0 Å². The van der Waals surface area contributed by atoms with Crippen molar-refractivity contribution in [1.29, 1.82) is 0 Å². The molecular formula is C7H9N5O2S. The van der Waals surface area contributed by atoms with E-state index in [4.69, 9.17) is 5.73 Å². The minimum absolute atomic E-state index is 0.126. The van der Waals surface area contributed by atoms with Crippen LogP contribution in [-0.2, 0) is 10.2 Å². The summed E-state index contributed by atoms with van der Waals surface area (Å²) in [5.41, 5.74) is 6.45. The van der Waals surface area contributed by atoms with Crippen molar-refractivity contribution in [3.05, 3.63) is 17.6 Å². The summed E-state index contributed by atoms with van der Waals surface area (Å²) in [7, 11) is -2.39. The SMILES string of the molecule is Cc1cnc2c(n1)C(N)=NS(=O)(=O)N2C. The molecule has 0 amide bonds. The molecule has 0 aromatic carbocycles. The molecule has 8 heteroatoms. The number of fused-ring (bicyclic) bond motifs is 1. The van der Waals surface area contributed by atoms with Crippen molar-refractivity contribution in [3.63, 3.8) is 0 Å². The van der Waals surface area contributed by atoms with Crippen molar-refractivity contribution < 1.29 is 8.42 Å². The van der Waals surface area contributed by atoms with Crippen molar-refractivity contribution in [2.75, 3.05) is 11.4 Å². The third-order valence-electron chi connectivity index (χ3n) is 1.97. The molecule has 2 heterocycles. The number of nitrogens with zero attached hydrogens (tertiary/aromatic N) is 4. The van der Waals surface area contributed by atoms with E-state index >= 15 is 0 Å². The van der Waals surface area contributed by atoms with E-state index in [2.05, 4.69) is 14.4 Å². The zero-order valence-corrected chi connectivity index (χ0v) is 8.98. The highest BCUT2D eigenvalue weighted by Gasteiger charge is 2.29. The largest absolute Gasteiger partial charge is 0.381 e. The van der Waals surface area contributed by atoms with Gasteiger partial charge in [0.15, 0.2) is 11.7 Å². The van der Waals surface area contributed by atoms with Crippen LogP contribution in [0.1, 0.15) is 11.4 Å². The van der Waals surface area contributed by atoms with Crippen LogP contribution in [0.15, 0.2) is 10.6 Å². The number of rotatable bonds is 0. The molecule has 7 nitrogen and oxygen atoms in total. The summed E-state index contributed by atoms with van der Waals surface area (Å²) in [6.45, 7) is 1.74. The zero-order chi connectivity index (χ0) is 11.2. The zero-order valence-electron chi connectivity index (χ0n) is 8.17. The highest BCUT2D eigenvalue weighted by Crippen LogP contribution is 2.22. The normalized spacial score (nSPS) is 18.3. The van der Waals surface area contributed by atoms with Crippen LogP contribution in [0.5, 0.6) is 0 Å². The van der Waals surface area contributed by atoms with Gasteiger partial charge in [0, 0.05) is 7.05 Å². The third-order valence-corrected chi connectivity index (χ3v) is 3.27. The fourth-order valence-electron chi connectivity index (χ4n) is 1.21. The first-order valence-electron chi connectivity index (χ1n) is 4.10. The Morgan fingerprint density at radius 1 is 1.47 bits per heavy atom. The summed E-state index contributed by atoms with van der Waals surface area (Å²) < 4.78 is 27.2. The Labute approximate surface area is 86.9 Å². The van der Waals surface area contributed by atoms with Gasteiger partial charge in [-0.3, -0.25) is 0 Å². The van der Waals surface area contributed by atoms with E-state index in [9.17, 15) is 8.42 Å². The van der Waals surface area contributed by atoms with Gasteiger partial charge in [0.1, 0.15) is 5.69 Å². The summed E-state index contributed by atoms with van der Waals surface area (Å²) in [5.74, 6) is 0.0763. The summed E-state index contributed by atoms with van der Waals surface area (Å²) in [6, 6.07) is 0. The van der Waals surface area contributed by atoms with Gasteiger partial charge in [-0.05, 0) is 6.92 Å². The highest BCUT2D eigenvalue weighted by molar-refractivity contribution is 7.91. The lowest BCUT2D eigenvalue weighted by Crippen LogP contribution is -2.35. The molecule has 2 N–H and O–H groups in total. The molecule has 0 fully saturated rings. The van der Waals surface area contributed by atoms with Crippen molar-refractivity contribution in [1.82, 2.24) is 9.97 Å². The molecule has 2 rings (SSSR count). The monoisotopic (exact) mass is 227 g/mol. The van der Waals surface area contributed by atoms with Crippen LogP contribution in [0.2, 0.25) is 0 Å². The number of hydrogen-bond acceptors (Lipinski definition) is 5. The van der Waals surface area contributed by atoms with Crippen molar-refractivity contribution >= 4 is 21.9 Å². The lowest BCUT2D eigenvalue weighted by Gasteiger charge is -2.21. The number of hydrogen-bond donors (Lipinski definition) is 1. The van der Waals surface area contributed by atoms with Crippen molar-refractivity contribution in [2.45, 2.75) is 6.92 Å². The molecule has 80 valence electrons. The van der Waals surface area contributed by atoms with Crippen LogP contribution in [0.3, 0.4) is 0 Å². The van der Waals surface area contributed by atoms with Gasteiger partial charge < -0.3 is 5.73 Å². The molecule has 0 aliphatic carbocycles. The molecule has 15 heavy (non-hydrogen) atoms. The minimum atomic E-state index is -3.74. The van der Waals surface area contributed by atoms with Crippen LogP contribution in [-0.4, -0.2) is 31.3 Å². The Bertz CT molecular complexity index is 550. The van der Waals surface area contributed by atoms with Gasteiger partial charge >= 0.3 is 10.2 Å². The van der Waals surface area contributed by atoms with Crippen LogP contribution in [0, 0.1) is 6.92 Å². The van der Waals surface area contributed by atoms with Gasteiger partial charge in [0.05, 0.1) is 11.9 Å². The summed E-state index contributed by atoms with van der Waals surface area (Å²) in [6.07, 6.45) is 1.48. The Morgan fingerprint density at radius 2 is 2.13 bits per heavy atom. The number of aryl methyl sites for hydroxylation is 1. The number of amidine groups is 1. The smallest absolute Gasteiger partial charge is 0.347 e. The standard InChI is InChI=1S/C7H9N5O2S/c1-4-3-9-7-5(10-4)6(8)11-15(13,14)12(7)2/h3H,1-2H3,(H2,8,11). The molecule has 0 saturated carbocycles. The minimum Gasteiger partial charge on any atom is -0.381 e. The van der Waals surface area contributed by atoms with Crippen molar-refractivity contribution in [2.24, 2.45) is 10.1 Å². The van der Waals surface area contributed by atoms with E-state index in [-0.39, 0.29) is 11.7 Å². The topological polar surface area (TPSA) is 102 Å². The average molecular weight is 227 g/mol. The maximum Gasteiger partial charge on any atom is 0.347 e. The fraction of sp³-hybridized carbons (Fsp3) is 0.286. The second-order valence-corrected chi connectivity index (χ2v) is 4.73. The maximum absolute atomic E-state index is 11.4. The average Bonchev–Trinajstić information content (AvgIpc) is 2.14. The Kier molecular flexibility index (Phi) is 1.90. The van der Waals surface area contributed by atoms with E-state index in [0.717, 1.165) is 4.31 Å². The molecule has 0 unspecified atom stereocenters. The Morgan fingerprint density at radius 3 is 2.80 bits per heavy atom. The molecule has 1 aliphatic heterocycles. The molecule has 0 atom stereocenters. The lowest BCUT2D eigenvalue weighted by atomic mass is 10.3. The van der Waals surface area contributed by atoms with Gasteiger partial charge in [0.25, 0.3) is 0 Å². The molecular weight excluding hydrogens is 218 g/mol. The first-order valence-corrected chi connectivity index (χ1v) is 5.50. The third kappa shape index (κ3) is 1.42. The highest BCUT2D eigenvalue weighted by atomic mass is 32.2. The molecule has 0 spiro atoms. The molecule has 0 bridgehead atoms. The van der Waals surface area contributed by atoms with E-state index in [1.54, 1.807) is 6.92 Å². The second kappa shape index (κ2) is 2.89. The van der Waals surface area contributed by atoms with E-state index in [1.807, 2.05) is 0 Å². The quantitative estimate of drug-likeness (QED) is 0.624. The molecule has 1 aliphatic rings. The predicted molar refractivity (Wildman–Crippen MR) is 54.8 cm³/mol. The van der Waals surface area contributed by atoms with Crippen LogP contribution < -0.4 is 10.0 Å². The lowest BCUT2D eigenvalue weighted by molar-refractivity contribution is 0.595. The van der Waals surface area contributed by atoms with Crippen molar-refractivity contribution in [3.8, 4) is 0 Å². The Hall–Kier alpha value is -1.70. The fourth-order valence-corrected chi connectivity index (χ4v) is 2.02. The second-order valence-electron chi connectivity index (χ2n) is 3.11. The van der Waals surface area contributed by atoms with Crippen LogP contribution >= 0.6 is 0 Å². The number of aromatic nitrogens is 2. The number of nitrogens with two attached hydrogens (primary N) is 1. The molecule has 1 aromatic heterocycles.